The van der Waals surface area contributed by atoms with Crippen LogP contribution in [-0.4, -0.2) is 89.6 Å². The number of hydrogen-bond acceptors (Lipinski definition) is 23. The van der Waals surface area contributed by atoms with E-state index in [9.17, 15) is 39.5 Å². The van der Waals surface area contributed by atoms with Gasteiger partial charge in [0.2, 0.25) is 17.2 Å². The zero-order valence-corrected chi connectivity index (χ0v) is 34.3. The van der Waals surface area contributed by atoms with Gasteiger partial charge in [-0.2, -0.15) is 31.8 Å². The van der Waals surface area contributed by atoms with Crippen LogP contribution in [-0.2, 0) is 53.0 Å². The molecular weight excluding hydrogens is 910 g/mol. The summed E-state index contributed by atoms with van der Waals surface area (Å²) < 4.78 is 106. The third kappa shape index (κ3) is 12.3. The van der Waals surface area contributed by atoms with E-state index in [1.807, 2.05) is 0 Å². The molecule has 29 heteroatoms. The Labute approximate surface area is 347 Å². The first-order chi connectivity index (χ1) is 27.9. The molecule has 5 aromatic rings. The lowest BCUT2D eigenvalue weighted by atomic mass is 10.1. The maximum Gasteiger partial charge on any atom is 0.296 e. The Bertz CT molecular complexity index is 2680. The van der Waals surface area contributed by atoms with Crippen molar-refractivity contribution in [1.82, 2.24) is 15.0 Å². The molecule has 1 heterocycles. The topological polar surface area (TPSA) is 328 Å². The quantitative estimate of drug-likeness (QED) is 0.0124. The smallest absolute Gasteiger partial charge is 0.296 e. The number of halogens is 1. The van der Waals surface area contributed by atoms with Gasteiger partial charge in [-0.3, -0.25) is 13.3 Å². The zero-order valence-electron chi connectivity index (χ0n) is 29.5. The van der Waals surface area contributed by atoms with Crippen molar-refractivity contribution >= 4 is 111 Å². The van der Waals surface area contributed by atoms with Gasteiger partial charge in [0.15, 0.2) is 27.9 Å². The second kappa shape index (κ2) is 19.8. The number of aromatic nitrogens is 3. The Kier molecular flexibility index (Phi) is 15.3. The molecule has 0 amide bonds. The van der Waals surface area contributed by atoms with E-state index in [0.717, 1.165) is 13.0 Å². The predicted octanol–water partition coefficient (Wildman–Crippen LogP) is 6.33. The van der Waals surface area contributed by atoms with Crippen molar-refractivity contribution < 1.29 is 72.9 Å². The molecule has 0 fully saturated rings. The number of nitrogens with zero attached hydrogens (tertiary/aromatic N) is 6. The molecule has 0 unspecified atom stereocenters. The van der Waals surface area contributed by atoms with Crippen LogP contribution < -0.4 is 10.2 Å². The Hall–Kier alpha value is -4.37. The predicted molar refractivity (Wildman–Crippen MR) is 210 cm³/mol. The van der Waals surface area contributed by atoms with Gasteiger partial charge in [0.25, 0.3) is 20.2 Å². The molecule has 1 aromatic heterocycles. The van der Waals surface area contributed by atoms with Gasteiger partial charge >= 0.3 is 0 Å². The second-order valence-electron chi connectivity index (χ2n) is 11.5. The molecule has 0 radical (unpaired) electrons. The third-order valence-corrected chi connectivity index (χ3v) is 12.3. The van der Waals surface area contributed by atoms with Crippen LogP contribution in [0.25, 0.3) is 10.8 Å². The number of para-hydroxylation sites is 1. The molecule has 0 aliphatic heterocycles. The van der Waals surface area contributed by atoms with E-state index in [1.54, 1.807) is 30.3 Å². The summed E-state index contributed by atoms with van der Waals surface area (Å²) in [5, 5.41) is 46.1. The minimum atomic E-state index is -5.01. The number of sulfone groups is 1. The SMILES string of the molecule is Cc1cc(S(=O)(=O)O)c(N=Nc2c(SOOO)cc3cc(Nc4nc(Cl)nc(N(CCS(=O)(=O)CCOSOOO)c5ccccc5)n4)ccc3c2O)cc1S(=O)(=O)O. The average molecular weight is 938 g/mol. The molecule has 6 N–H and O–H groups in total. The fourth-order valence-electron chi connectivity index (χ4n) is 5.12. The first-order valence-corrected chi connectivity index (χ1v) is 22.3. The van der Waals surface area contributed by atoms with E-state index in [2.05, 4.69) is 49.2 Å². The van der Waals surface area contributed by atoms with E-state index in [-0.39, 0.29) is 69.6 Å². The van der Waals surface area contributed by atoms with Crippen molar-refractivity contribution in [1.29, 1.82) is 0 Å². The lowest BCUT2D eigenvalue weighted by Gasteiger charge is -2.23. The number of hydrogen-bond donors (Lipinski definition) is 6. The van der Waals surface area contributed by atoms with Gasteiger partial charge in [-0.1, -0.05) is 28.3 Å². The van der Waals surface area contributed by atoms with E-state index in [1.165, 1.54) is 29.2 Å². The van der Waals surface area contributed by atoms with Crippen LogP contribution >= 0.6 is 36.0 Å². The number of phenols is 1. The van der Waals surface area contributed by atoms with Gasteiger partial charge in [-0.15, -0.1) is 18.9 Å². The van der Waals surface area contributed by atoms with E-state index >= 15 is 0 Å². The minimum Gasteiger partial charge on any atom is -0.505 e. The normalized spacial score (nSPS) is 12.4. The van der Waals surface area contributed by atoms with Crippen LogP contribution in [0.4, 0.5) is 34.6 Å². The fraction of sp³-hybridized carbons (Fsp3) is 0.167. The number of aryl methyl sites for hydroxylation is 1. The summed E-state index contributed by atoms with van der Waals surface area (Å²) in [6, 6.07) is 15.8. The summed E-state index contributed by atoms with van der Waals surface area (Å²) in [7, 11) is -13.6. The lowest BCUT2D eigenvalue weighted by molar-refractivity contribution is -0.434. The molecule has 59 heavy (non-hydrogen) atoms. The molecule has 4 aromatic carbocycles. The molecule has 0 bridgehead atoms. The summed E-state index contributed by atoms with van der Waals surface area (Å²) >= 11 is 6.87. The number of benzene rings is 4. The van der Waals surface area contributed by atoms with Gasteiger partial charge in [0.1, 0.15) is 16.3 Å². The molecule has 0 saturated heterocycles. The Morgan fingerprint density at radius 1 is 0.847 bits per heavy atom. The van der Waals surface area contributed by atoms with Gasteiger partial charge in [-0.25, -0.2) is 18.9 Å². The number of nitrogens with one attached hydrogen (secondary N) is 1. The van der Waals surface area contributed by atoms with Gasteiger partial charge in [0.05, 0.1) is 39.9 Å². The van der Waals surface area contributed by atoms with Crippen molar-refractivity contribution in [3.8, 4) is 5.75 Å². The van der Waals surface area contributed by atoms with Crippen LogP contribution in [0.2, 0.25) is 5.28 Å². The fourth-order valence-corrected chi connectivity index (χ4v) is 8.51. The monoisotopic (exact) mass is 937 g/mol. The van der Waals surface area contributed by atoms with Crippen molar-refractivity contribution in [3.05, 3.63) is 77.6 Å². The van der Waals surface area contributed by atoms with Crippen molar-refractivity contribution in [3.63, 3.8) is 0 Å². The van der Waals surface area contributed by atoms with Crippen molar-refractivity contribution in [2.24, 2.45) is 10.2 Å². The number of phenolic OH excluding ortho intramolecular Hbond substituents is 1. The Morgan fingerprint density at radius 2 is 1.56 bits per heavy atom. The summed E-state index contributed by atoms with van der Waals surface area (Å²) in [6.45, 7) is 0.752. The van der Waals surface area contributed by atoms with Crippen LogP contribution in [0.15, 0.2) is 91.6 Å². The molecule has 0 aliphatic rings. The highest BCUT2D eigenvalue weighted by atomic mass is 35.5. The van der Waals surface area contributed by atoms with Crippen LogP contribution in [0.1, 0.15) is 5.56 Å². The summed E-state index contributed by atoms with van der Waals surface area (Å²) in [4.78, 5) is 12.6. The lowest BCUT2D eigenvalue weighted by Crippen LogP contribution is -2.28. The number of rotatable bonds is 20. The molecule has 0 saturated carbocycles. The Balaban J connectivity index is 1.48. The van der Waals surface area contributed by atoms with E-state index in [4.69, 9.17) is 26.3 Å². The highest BCUT2D eigenvalue weighted by Gasteiger charge is 2.24. The standard InChI is InChI=1S/C30H28ClN7O16S5/c1-17-13-25(59(47,48)49)22(16-24(17)58(44,45)46)36-37-26-23(55-53-51-40)15-18-14-19(7-8-21(18)27(26)39)32-29-33-28(31)34-30(35-29)38(20-5-3-2-4-6-20)9-11-57(42,43)12-10-50-56-54-52-41/h2-8,13-16,39-41H,9-12H2,1H3,(H,44,45,46)(H,47,48,49)(H,32,33,34,35). The maximum atomic E-state index is 12.8. The summed E-state index contributed by atoms with van der Waals surface area (Å²) in [6.07, 6.45) is 0. The Morgan fingerprint density at radius 3 is 2.24 bits per heavy atom. The zero-order chi connectivity index (χ0) is 43.0. The first-order valence-electron chi connectivity index (χ1n) is 15.8. The molecule has 0 aliphatic carbocycles. The minimum absolute atomic E-state index is 0.0306. The molecular formula is C30H28ClN7O16S5. The van der Waals surface area contributed by atoms with Crippen molar-refractivity contribution in [2.75, 3.05) is 34.9 Å². The molecule has 23 nitrogen and oxygen atoms in total. The number of aromatic hydroxyl groups is 1. The van der Waals surface area contributed by atoms with Crippen LogP contribution in [0.5, 0.6) is 5.75 Å². The first kappa shape index (κ1) is 45.7. The maximum absolute atomic E-state index is 12.8. The van der Waals surface area contributed by atoms with Crippen molar-refractivity contribution in [2.45, 2.75) is 21.6 Å². The number of azo groups is 1. The molecule has 316 valence electrons. The summed E-state index contributed by atoms with van der Waals surface area (Å²) in [5.74, 6) is -1.47. The van der Waals surface area contributed by atoms with Crippen LogP contribution in [0.3, 0.4) is 0 Å². The number of anilines is 4. The second-order valence-corrected chi connectivity index (χ2v) is 18.2. The van der Waals surface area contributed by atoms with E-state index < -0.39 is 62.7 Å². The van der Waals surface area contributed by atoms with Gasteiger partial charge in [-0.05, 0) is 78.0 Å². The van der Waals surface area contributed by atoms with Gasteiger partial charge in [0, 0.05) is 23.3 Å². The molecule has 0 spiro atoms. The average Bonchev–Trinajstić information content (AvgIpc) is 3.16. The largest absolute Gasteiger partial charge is 0.505 e. The van der Waals surface area contributed by atoms with Crippen LogP contribution in [0, 0.1) is 6.92 Å². The molecule has 5 rings (SSSR count). The highest BCUT2D eigenvalue weighted by molar-refractivity contribution is 7.94. The molecule has 0 atom stereocenters. The van der Waals surface area contributed by atoms with E-state index in [0.29, 0.717) is 29.5 Å². The van der Waals surface area contributed by atoms with Gasteiger partial charge < -0.3 is 15.3 Å². The third-order valence-electron chi connectivity index (χ3n) is 7.65. The number of fused-ring (bicyclic) bond motifs is 1. The summed E-state index contributed by atoms with van der Waals surface area (Å²) in [5.41, 5.74) is -0.539. The highest BCUT2D eigenvalue weighted by Crippen LogP contribution is 2.45.